The first-order valence-electron chi connectivity index (χ1n) is 7.13. The zero-order chi connectivity index (χ0) is 15.7. The normalized spacial score (nSPS) is 27.6. The monoisotopic (exact) mass is 376 g/mol. The first-order chi connectivity index (χ1) is 10.4. The number of benzene rings is 1. The molecule has 0 radical (unpaired) electrons. The van der Waals surface area contributed by atoms with E-state index >= 15 is 0 Å². The van der Waals surface area contributed by atoms with Crippen molar-refractivity contribution >= 4 is 39.1 Å². The van der Waals surface area contributed by atoms with Crippen molar-refractivity contribution in [2.45, 2.75) is 25.2 Å². The van der Waals surface area contributed by atoms with E-state index in [1.165, 1.54) is 0 Å². The molecule has 1 aromatic carbocycles. The zero-order valence-corrected chi connectivity index (χ0v) is 14.5. The van der Waals surface area contributed by atoms with E-state index in [-0.39, 0.29) is 17.2 Å². The highest BCUT2D eigenvalue weighted by atomic mass is 79.9. The average molecular weight is 378 g/mol. The fourth-order valence-corrected chi connectivity index (χ4v) is 4.69. The molecule has 4 rings (SSSR count). The van der Waals surface area contributed by atoms with Gasteiger partial charge in [-0.3, -0.25) is 4.79 Å². The SMILES string of the molecule is CC1(C)C(c2cccc(Br)n2)C12C(=O)Nc1ccc(Cl)cc12. The number of halogens is 2. The molecular weight excluding hydrogens is 364 g/mol. The van der Waals surface area contributed by atoms with E-state index in [0.29, 0.717) is 5.02 Å². The van der Waals surface area contributed by atoms with Crippen LogP contribution in [0.3, 0.4) is 0 Å². The maximum absolute atomic E-state index is 12.8. The Morgan fingerprint density at radius 3 is 2.77 bits per heavy atom. The van der Waals surface area contributed by atoms with E-state index in [1.54, 1.807) is 6.07 Å². The van der Waals surface area contributed by atoms with Gasteiger partial charge >= 0.3 is 0 Å². The third kappa shape index (κ3) is 1.57. The number of nitrogens with zero attached hydrogens (tertiary/aromatic N) is 1. The van der Waals surface area contributed by atoms with Crippen molar-refractivity contribution in [2.24, 2.45) is 5.41 Å². The van der Waals surface area contributed by atoms with E-state index in [1.807, 2.05) is 30.3 Å². The molecule has 1 saturated carbocycles. The lowest BCUT2D eigenvalue weighted by Gasteiger charge is -2.11. The molecule has 1 aromatic heterocycles. The Morgan fingerprint density at radius 2 is 2.05 bits per heavy atom. The van der Waals surface area contributed by atoms with Crippen LogP contribution in [0.4, 0.5) is 5.69 Å². The van der Waals surface area contributed by atoms with Gasteiger partial charge in [0.2, 0.25) is 5.91 Å². The second-order valence-electron chi connectivity index (χ2n) is 6.49. The molecule has 1 aliphatic carbocycles. The quantitative estimate of drug-likeness (QED) is 0.743. The van der Waals surface area contributed by atoms with Gasteiger partial charge in [-0.05, 0) is 57.2 Å². The third-order valence-electron chi connectivity index (χ3n) is 5.13. The van der Waals surface area contributed by atoms with Crippen molar-refractivity contribution in [3.8, 4) is 0 Å². The van der Waals surface area contributed by atoms with Gasteiger partial charge in [-0.1, -0.05) is 31.5 Å². The summed E-state index contributed by atoms with van der Waals surface area (Å²) >= 11 is 9.59. The molecule has 0 bridgehead atoms. The Morgan fingerprint density at radius 1 is 1.27 bits per heavy atom. The molecule has 2 heterocycles. The number of hydrogen-bond donors (Lipinski definition) is 1. The van der Waals surface area contributed by atoms with Crippen LogP contribution in [0.15, 0.2) is 41.0 Å². The van der Waals surface area contributed by atoms with Gasteiger partial charge in [0.25, 0.3) is 0 Å². The molecule has 1 spiro atoms. The summed E-state index contributed by atoms with van der Waals surface area (Å²) in [6.45, 7) is 4.24. The molecule has 1 amide bonds. The Hall–Kier alpha value is -1.39. The predicted molar refractivity (Wildman–Crippen MR) is 90.2 cm³/mol. The van der Waals surface area contributed by atoms with Gasteiger partial charge in [0.15, 0.2) is 0 Å². The van der Waals surface area contributed by atoms with Crippen LogP contribution in [-0.2, 0) is 10.2 Å². The van der Waals surface area contributed by atoms with Crippen LogP contribution in [0.5, 0.6) is 0 Å². The van der Waals surface area contributed by atoms with E-state index in [2.05, 4.69) is 40.1 Å². The van der Waals surface area contributed by atoms with Crippen LogP contribution in [0.1, 0.15) is 31.0 Å². The second kappa shape index (κ2) is 4.33. The number of amides is 1. The Bertz CT molecular complexity index is 820. The summed E-state index contributed by atoms with van der Waals surface area (Å²) in [5, 5.41) is 3.66. The van der Waals surface area contributed by atoms with Crippen LogP contribution >= 0.6 is 27.5 Å². The number of carbonyl (C=O) groups is 1. The van der Waals surface area contributed by atoms with Crippen molar-refractivity contribution in [1.82, 2.24) is 4.98 Å². The highest BCUT2D eigenvalue weighted by Gasteiger charge is 2.79. The van der Waals surface area contributed by atoms with E-state index in [9.17, 15) is 4.79 Å². The van der Waals surface area contributed by atoms with Crippen molar-refractivity contribution < 1.29 is 4.79 Å². The summed E-state index contributed by atoms with van der Waals surface area (Å²) < 4.78 is 0.785. The van der Waals surface area contributed by atoms with Gasteiger partial charge in [0.1, 0.15) is 4.60 Å². The standard InChI is InChI=1S/C17H14BrClN2O/c1-16(2)14(12-4-3-5-13(18)20-12)17(16)10-8-9(19)6-7-11(10)21-15(17)22/h3-8,14H,1-2H3,(H,21,22). The van der Waals surface area contributed by atoms with Gasteiger partial charge in [-0.2, -0.15) is 0 Å². The number of pyridine rings is 1. The topological polar surface area (TPSA) is 42.0 Å². The fraction of sp³-hybridized carbons (Fsp3) is 0.294. The van der Waals surface area contributed by atoms with Crippen molar-refractivity contribution in [1.29, 1.82) is 0 Å². The fourth-order valence-electron chi connectivity index (χ4n) is 4.16. The number of nitrogens with one attached hydrogen (secondary N) is 1. The number of anilines is 1. The largest absolute Gasteiger partial charge is 0.325 e. The number of aromatic nitrogens is 1. The molecule has 22 heavy (non-hydrogen) atoms. The average Bonchev–Trinajstić information content (AvgIpc) is 2.84. The number of carbonyl (C=O) groups excluding carboxylic acids is 1. The molecule has 5 heteroatoms. The zero-order valence-electron chi connectivity index (χ0n) is 12.2. The lowest BCUT2D eigenvalue weighted by molar-refractivity contribution is -0.118. The molecule has 2 atom stereocenters. The molecule has 3 nitrogen and oxygen atoms in total. The smallest absolute Gasteiger partial charge is 0.236 e. The minimum atomic E-state index is -0.582. The molecule has 1 aliphatic heterocycles. The number of fused-ring (bicyclic) bond motifs is 2. The molecule has 2 aromatic rings. The number of hydrogen-bond acceptors (Lipinski definition) is 2. The predicted octanol–water partition coefficient (Wildman–Crippen LogP) is 4.51. The van der Waals surface area contributed by atoms with E-state index in [0.717, 1.165) is 21.5 Å². The van der Waals surface area contributed by atoms with Gasteiger partial charge in [-0.25, -0.2) is 4.98 Å². The molecule has 112 valence electrons. The maximum atomic E-state index is 12.8. The van der Waals surface area contributed by atoms with Crippen LogP contribution in [0.2, 0.25) is 5.02 Å². The number of rotatable bonds is 1. The highest BCUT2D eigenvalue weighted by Crippen LogP contribution is 2.77. The molecular formula is C17H14BrClN2O. The second-order valence-corrected chi connectivity index (χ2v) is 7.74. The first-order valence-corrected chi connectivity index (χ1v) is 8.30. The van der Waals surface area contributed by atoms with E-state index in [4.69, 9.17) is 11.6 Å². The highest BCUT2D eigenvalue weighted by molar-refractivity contribution is 9.10. The Balaban J connectivity index is 1.92. The van der Waals surface area contributed by atoms with Gasteiger partial charge in [0.05, 0.1) is 5.41 Å². The van der Waals surface area contributed by atoms with Crippen LogP contribution in [0.25, 0.3) is 0 Å². The Kier molecular flexibility index (Phi) is 2.80. The molecule has 2 aliphatic rings. The summed E-state index contributed by atoms with van der Waals surface area (Å²) in [5.74, 6) is 0.0822. The lowest BCUT2D eigenvalue weighted by Crippen LogP contribution is -2.25. The van der Waals surface area contributed by atoms with Crippen LogP contribution in [0, 0.1) is 5.41 Å². The van der Waals surface area contributed by atoms with Crippen molar-refractivity contribution in [2.75, 3.05) is 5.32 Å². The minimum Gasteiger partial charge on any atom is -0.325 e. The molecule has 1 fully saturated rings. The van der Waals surface area contributed by atoms with Gasteiger partial charge in [-0.15, -0.1) is 0 Å². The first kappa shape index (κ1) is 14.2. The molecule has 1 N–H and O–H groups in total. The van der Waals surface area contributed by atoms with E-state index < -0.39 is 5.41 Å². The Labute approximate surface area is 142 Å². The van der Waals surface area contributed by atoms with Gasteiger partial charge < -0.3 is 5.32 Å². The summed E-state index contributed by atoms with van der Waals surface area (Å²) in [7, 11) is 0. The molecule has 2 unspecified atom stereocenters. The summed E-state index contributed by atoms with van der Waals surface area (Å²) in [4.78, 5) is 17.4. The summed E-state index contributed by atoms with van der Waals surface area (Å²) in [6, 6.07) is 11.4. The van der Waals surface area contributed by atoms with Gasteiger partial charge in [0, 0.05) is 22.3 Å². The third-order valence-corrected chi connectivity index (χ3v) is 5.81. The van der Waals surface area contributed by atoms with Crippen molar-refractivity contribution in [3.05, 3.63) is 57.3 Å². The molecule has 0 saturated heterocycles. The summed E-state index contributed by atoms with van der Waals surface area (Å²) in [5.41, 5.74) is 1.99. The minimum absolute atomic E-state index is 0.0391. The van der Waals surface area contributed by atoms with Crippen LogP contribution < -0.4 is 5.32 Å². The summed E-state index contributed by atoms with van der Waals surface area (Å²) in [6.07, 6.45) is 0. The van der Waals surface area contributed by atoms with Crippen LogP contribution in [-0.4, -0.2) is 10.9 Å². The van der Waals surface area contributed by atoms with Crippen molar-refractivity contribution in [3.63, 3.8) is 0 Å². The maximum Gasteiger partial charge on any atom is 0.236 e. The lowest BCUT2D eigenvalue weighted by atomic mass is 9.89.